The Hall–Kier alpha value is -1.62. The standard InChI is InChI=1S/C28H38N2O2.BrH.Mn/c1-27(2,3)21-13-9-11-19(25(21)31)17-29-23-15-7-8-16-24(23)30-18-20-12-10-14-22(26(20)32)28(4,5)6;;/h9-14,17-18,23-24,31-32H,7-8,15-16H2,1-6H3;1H;/p-1/t23-,24-;;/m1../s1. The average Bonchev–Trinajstić information content (AvgIpc) is 2.71. The molecule has 0 spiro atoms. The van der Waals surface area contributed by atoms with Crippen LogP contribution in [0.4, 0.5) is 0 Å². The van der Waals surface area contributed by atoms with Gasteiger partial charge in [0.25, 0.3) is 0 Å². The third kappa shape index (κ3) is 7.44. The van der Waals surface area contributed by atoms with Crippen molar-refractivity contribution in [2.75, 3.05) is 0 Å². The molecule has 1 aliphatic carbocycles. The molecule has 1 radical (unpaired) electrons. The van der Waals surface area contributed by atoms with Crippen molar-refractivity contribution < 1.29 is 44.3 Å². The first kappa shape index (κ1) is 30.4. The van der Waals surface area contributed by atoms with E-state index in [4.69, 9.17) is 9.98 Å². The summed E-state index contributed by atoms with van der Waals surface area (Å²) in [6, 6.07) is 11.9. The minimum absolute atomic E-state index is 0. The maximum atomic E-state index is 10.7. The van der Waals surface area contributed by atoms with Crippen LogP contribution in [0.1, 0.15) is 89.5 Å². The Morgan fingerprint density at radius 3 is 1.38 bits per heavy atom. The summed E-state index contributed by atoms with van der Waals surface area (Å²) < 4.78 is 0. The van der Waals surface area contributed by atoms with Gasteiger partial charge in [-0.3, -0.25) is 9.98 Å². The fourth-order valence-corrected chi connectivity index (χ4v) is 4.33. The van der Waals surface area contributed by atoms with Crippen LogP contribution in [0.2, 0.25) is 0 Å². The zero-order valence-corrected chi connectivity index (χ0v) is 23.9. The van der Waals surface area contributed by atoms with E-state index < -0.39 is 0 Å². The van der Waals surface area contributed by atoms with Crippen molar-refractivity contribution in [2.45, 2.75) is 90.1 Å². The van der Waals surface area contributed by atoms with Gasteiger partial charge in [-0.1, -0.05) is 78.6 Å². The van der Waals surface area contributed by atoms with E-state index in [0.29, 0.717) is 11.5 Å². The van der Waals surface area contributed by atoms with Gasteiger partial charge in [0.15, 0.2) is 0 Å². The SMILES string of the molecule is CC(C)(C)c1cccc(C=N[C@@H]2CCCC[C@H]2N=Cc2cccc(C(C)(C)C)c2O)c1O.[Br-].[Mn]. The zero-order valence-electron chi connectivity index (χ0n) is 21.1. The number of phenols is 2. The Balaban J connectivity index is 0.00000289. The first-order chi connectivity index (χ1) is 15.0. The smallest absolute Gasteiger partial charge is 0.128 e. The Kier molecular flexibility index (Phi) is 11.1. The molecule has 2 atom stereocenters. The molecule has 34 heavy (non-hydrogen) atoms. The van der Waals surface area contributed by atoms with E-state index in [9.17, 15) is 10.2 Å². The van der Waals surface area contributed by atoms with Crippen molar-refractivity contribution in [3.8, 4) is 11.5 Å². The van der Waals surface area contributed by atoms with Crippen molar-refractivity contribution in [1.29, 1.82) is 0 Å². The predicted molar refractivity (Wildman–Crippen MR) is 135 cm³/mol. The molecule has 0 saturated heterocycles. The molecule has 3 rings (SSSR count). The number of phenolic OH excluding ortho intramolecular Hbond substituents is 2. The third-order valence-electron chi connectivity index (χ3n) is 6.25. The number of benzene rings is 2. The molecule has 2 aromatic carbocycles. The molecule has 0 amide bonds. The number of nitrogens with zero attached hydrogens (tertiary/aromatic N) is 2. The number of aliphatic imine (C=N–C) groups is 2. The quantitative estimate of drug-likeness (QED) is 0.437. The van der Waals surface area contributed by atoms with Crippen LogP contribution in [0.5, 0.6) is 11.5 Å². The van der Waals surface area contributed by atoms with Gasteiger partial charge in [-0.2, -0.15) is 0 Å². The number of halogens is 1. The van der Waals surface area contributed by atoms with E-state index in [1.807, 2.05) is 36.4 Å². The zero-order chi connectivity index (χ0) is 23.5. The molecule has 2 N–H and O–H groups in total. The molecule has 1 fully saturated rings. The number of aromatic hydroxyl groups is 2. The topological polar surface area (TPSA) is 65.2 Å². The summed E-state index contributed by atoms with van der Waals surface area (Å²) >= 11 is 0. The molecule has 0 aromatic heterocycles. The number of hydrogen-bond donors (Lipinski definition) is 2. The second kappa shape index (κ2) is 12.4. The Morgan fingerprint density at radius 1 is 0.706 bits per heavy atom. The minimum atomic E-state index is -0.130. The molecule has 1 aliphatic rings. The fraction of sp³-hybridized carbons (Fsp3) is 0.500. The number of rotatable bonds is 4. The maximum Gasteiger partial charge on any atom is 0.128 e. The van der Waals surface area contributed by atoms with Gasteiger partial charge in [-0.15, -0.1) is 0 Å². The molecule has 4 nitrogen and oxygen atoms in total. The average molecular weight is 569 g/mol. The van der Waals surface area contributed by atoms with Gasteiger partial charge >= 0.3 is 0 Å². The largest absolute Gasteiger partial charge is 1.00 e. The second-order valence-electron chi connectivity index (χ2n) is 11.0. The summed E-state index contributed by atoms with van der Waals surface area (Å²) in [5.74, 6) is 0.618. The van der Waals surface area contributed by atoms with E-state index in [1.54, 1.807) is 12.4 Å². The van der Waals surface area contributed by atoms with Gasteiger partial charge in [-0.05, 0) is 46.9 Å². The van der Waals surface area contributed by atoms with E-state index in [0.717, 1.165) is 47.9 Å². The minimum Gasteiger partial charge on any atom is -1.00 e. The van der Waals surface area contributed by atoms with E-state index in [2.05, 4.69) is 41.5 Å². The second-order valence-corrected chi connectivity index (χ2v) is 11.0. The van der Waals surface area contributed by atoms with E-state index >= 15 is 0 Å². The Morgan fingerprint density at radius 2 is 1.06 bits per heavy atom. The Labute approximate surface area is 226 Å². The van der Waals surface area contributed by atoms with Gasteiger partial charge < -0.3 is 27.2 Å². The van der Waals surface area contributed by atoms with Crippen LogP contribution in [-0.4, -0.2) is 34.7 Å². The molecule has 0 bridgehead atoms. The van der Waals surface area contributed by atoms with Gasteiger partial charge in [0.2, 0.25) is 0 Å². The molecule has 0 unspecified atom stereocenters. The van der Waals surface area contributed by atoms with E-state index in [-0.39, 0.29) is 57.0 Å². The molecule has 0 aliphatic heterocycles. The van der Waals surface area contributed by atoms with Gasteiger partial charge in [-0.25, -0.2) is 0 Å². The molecular formula is C28H38BrMnN2O2-. The maximum absolute atomic E-state index is 10.7. The number of hydrogen-bond acceptors (Lipinski definition) is 4. The molecule has 2 aromatic rings. The monoisotopic (exact) mass is 568 g/mol. The van der Waals surface area contributed by atoms with Crippen molar-refractivity contribution in [2.24, 2.45) is 9.98 Å². The summed E-state index contributed by atoms with van der Waals surface area (Å²) in [6.07, 6.45) is 7.83. The summed E-state index contributed by atoms with van der Waals surface area (Å²) in [7, 11) is 0. The summed E-state index contributed by atoms with van der Waals surface area (Å²) in [5.41, 5.74) is 3.09. The van der Waals surface area contributed by atoms with Gasteiger partial charge in [0, 0.05) is 40.6 Å². The Bertz CT molecular complexity index is 925. The van der Waals surface area contributed by atoms with Crippen LogP contribution in [0.15, 0.2) is 46.4 Å². The first-order valence-corrected chi connectivity index (χ1v) is 11.7. The van der Waals surface area contributed by atoms with Crippen LogP contribution in [-0.2, 0) is 27.9 Å². The summed E-state index contributed by atoms with van der Waals surface area (Å²) in [6.45, 7) is 12.6. The van der Waals surface area contributed by atoms with Crippen LogP contribution in [0.3, 0.4) is 0 Å². The summed E-state index contributed by atoms with van der Waals surface area (Å²) in [5, 5.41) is 21.5. The molecule has 1 saturated carbocycles. The van der Waals surface area contributed by atoms with Crippen LogP contribution in [0, 0.1) is 0 Å². The molecule has 0 heterocycles. The third-order valence-corrected chi connectivity index (χ3v) is 6.25. The molecule has 187 valence electrons. The summed E-state index contributed by atoms with van der Waals surface area (Å²) in [4.78, 5) is 9.70. The predicted octanol–water partition coefficient (Wildman–Crippen LogP) is 3.54. The molecule has 6 heteroatoms. The normalized spacial score (nSPS) is 19.1. The first-order valence-electron chi connectivity index (χ1n) is 11.7. The van der Waals surface area contributed by atoms with Gasteiger partial charge in [0.05, 0.1) is 12.1 Å². The fourth-order valence-electron chi connectivity index (χ4n) is 4.33. The van der Waals surface area contributed by atoms with Gasteiger partial charge in [0.1, 0.15) is 11.5 Å². The number of para-hydroxylation sites is 2. The van der Waals surface area contributed by atoms with Crippen LogP contribution < -0.4 is 17.0 Å². The van der Waals surface area contributed by atoms with E-state index in [1.165, 1.54) is 0 Å². The van der Waals surface area contributed by atoms with Crippen molar-refractivity contribution in [3.05, 3.63) is 58.7 Å². The molecular weight excluding hydrogens is 531 g/mol. The van der Waals surface area contributed by atoms with Crippen LogP contribution in [0.25, 0.3) is 0 Å². The van der Waals surface area contributed by atoms with Crippen molar-refractivity contribution in [3.63, 3.8) is 0 Å². The van der Waals surface area contributed by atoms with Crippen molar-refractivity contribution in [1.82, 2.24) is 0 Å². The van der Waals surface area contributed by atoms with Crippen molar-refractivity contribution >= 4 is 12.4 Å². The van der Waals surface area contributed by atoms with Crippen LogP contribution >= 0.6 is 0 Å².